The molecule has 2 N–H and O–H groups in total. The second kappa shape index (κ2) is 10.4. The van der Waals surface area contributed by atoms with Crippen molar-refractivity contribution in [2.75, 3.05) is 19.6 Å². The number of halogens is 2. The van der Waals surface area contributed by atoms with Crippen molar-refractivity contribution in [3.63, 3.8) is 0 Å². The minimum Gasteiger partial charge on any atom is -0.351 e. The van der Waals surface area contributed by atoms with Crippen LogP contribution in [0.25, 0.3) is 0 Å². The van der Waals surface area contributed by atoms with Gasteiger partial charge in [-0.25, -0.2) is 0 Å². The van der Waals surface area contributed by atoms with Gasteiger partial charge >= 0.3 is 0 Å². The number of rotatable bonds is 8. The molecule has 25 heavy (non-hydrogen) atoms. The summed E-state index contributed by atoms with van der Waals surface area (Å²) in [6, 6.07) is 7.68. The molecule has 2 rings (SSSR count). The highest BCUT2D eigenvalue weighted by Gasteiger charge is 2.18. The van der Waals surface area contributed by atoms with E-state index in [1.165, 1.54) is 0 Å². The molecule has 5 nitrogen and oxygen atoms in total. The molecule has 0 aliphatic carbocycles. The summed E-state index contributed by atoms with van der Waals surface area (Å²) >= 11 is 6.22. The Hall–Kier alpha value is -1.56. The summed E-state index contributed by atoms with van der Waals surface area (Å²) in [5, 5.41) is 11.4. The van der Waals surface area contributed by atoms with Crippen LogP contribution < -0.4 is 10.6 Å². The highest BCUT2D eigenvalue weighted by atomic mass is 35.5. The van der Waals surface area contributed by atoms with Crippen molar-refractivity contribution in [1.29, 1.82) is 0 Å². The zero-order chi connectivity index (χ0) is 17.5. The van der Waals surface area contributed by atoms with Crippen LogP contribution in [0.3, 0.4) is 0 Å². The summed E-state index contributed by atoms with van der Waals surface area (Å²) in [6.07, 6.45) is 1.08. The largest absolute Gasteiger partial charge is 0.351 e. The minimum absolute atomic E-state index is 0. The molecule has 1 heterocycles. The summed E-state index contributed by atoms with van der Waals surface area (Å²) in [6.45, 7) is 8.79. The molecular weight excluding hydrogens is 359 g/mol. The van der Waals surface area contributed by atoms with E-state index >= 15 is 0 Å². The number of amides is 1. The first-order valence-corrected chi connectivity index (χ1v) is 8.68. The lowest BCUT2D eigenvalue weighted by Crippen LogP contribution is -2.32. The van der Waals surface area contributed by atoms with Gasteiger partial charge in [0.1, 0.15) is 0 Å². The standard InChI is InChI=1S/C18H25ClN4O.ClH/c1-4-9-20-10-11-21-18(24)17-13(2)22-23(14(17)3)12-15-7-5-6-8-16(15)19;/h5-8,20H,4,9-12H2,1-3H3,(H,21,24);1H. The van der Waals surface area contributed by atoms with Crippen LogP contribution in [0.5, 0.6) is 0 Å². The average molecular weight is 385 g/mol. The Kier molecular flexibility index (Phi) is 8.97. The molecular formula is C18H26Cl2N4O. The molecule has 0 radical (unpaired) electrons. The van der Waals surface area contributed by atoms with Gasteiger partial charge in [-0.05, 0) is 38.4 Å². The van der Waals surface area contributed by atoms with E-state index in [4.69, 9.17) is 11.6 Å². The van der Waals surface area contributed by atoms with Crippen LogP contribution >= 0.6 is 24.0 Å². The van der Waals surface area contributed by atoms with E-state index in [2.05, 4.69) is 22.7 Å². The van der Waals surface area contributed by atoms with Gasteiger partial charge in [0.05, 0.1) is 17.8 Å². The van der Waals surface area contributed by atoms with Crippen molar-refractivity contribution in [3.8, 4) is 0 Å². The highest BCUT2D eigenvalue weighted by molar-refractivity contribution is 6.31. The van der Waals surface area contributed by atoms with Crippen molar-refractivity contribution in [2.24, 2.45) is 0 Å². The lowest BCUT2D eigenvalue weighted by Gasteiger charge is -2.08. The van der Waals surface area contributed by atoms with Gasteiger partial charge in [-0.2, -0.15) is 5.10 Å². The molecule has 0 fully saturated rings. The molecule has 1 aromatic heterocycles. The topological polar surface area (TPSA) is 58.9 Å². The second-order valence-corrected chi connectivity index (χ2v) is 6.21. The number of nitrogens with one attached hydrogen (secondary N) is 2. The summed E-state index contributed by atoms with van der Waals surface area (Å²) in [7, 11) is 0. The van der Waals surface area contributed by atoms with Gasteiger partial charge in [0.25, 0.3) is 5.91 Å². The highest BCUT2D eigenvalue weighted by Crippen LogP contribution is 2.19. The van der Waals surface area contributed by atoms with E-state index in [0.717, 1.165) is 36.5 Å². The Balaban J connectivity index is 0.00000312. The molecule has 0 aliphatic heterocycles. The summed E-state index contributed by atoms with van der Waals surface area (Å²) in [5.41, 5.74) is 3.23. The zero-order valence-electron chi connectivity index (χ0n) is 14.9. The van der Waals surface area contributed by atoms with Crippen molar-refractivity contribution in [1.82, 2.24) is 20.4 Å². The van der Waals surface area contributed by atoms with Crippen molar-refractivity contribution < 1.29 is 4.79 Å². The normalized spacial score (nSPS) is 10.4. The first-order valence-electron chi connectivity index (χ1n) is 8.31. The fraction of sp³-hybridized carbons (Fsp3) is 0.444. The lowest BCUT2D eigenvalue weighted by atomic mass is 10.1. The maximum absolute atomic E-state index is 12.4. The Bertz CT molecular complexity index is 700. The fourth-order valence-corrected chi connectivity index (χ4v) is 2.82. The average Bonchev–Trinajstić information content (AvgIpc) is 2.83. The third-order valence-electron chi connectivity index (χ3n) is 3.90. The molecule has 0 bridgehead atoms. The van der Waals surface area contributed by atoms with Gasteiger partial charge in [0, 0.05) is 23.8 Å². The maximum Gasteiger partial charge on any atom is 0.255 e. The van der Waals surface area contributed by atoms with Gasteiger partial charge in [-0.15, -0.1) is 12.4 Å². The SMILES string of the molecule is CCCNCCNC(=O)c1c(C)nn(Cc2ccccc2Cl)c1C.Cl. The maximum atomic E-state index is 12.4. The number of benzene rings is 1. The van der Waals surface area contributed by atoms with E-state index < -0.39 is 0 Å². The molecule has 0 atom stereocenters. The number of aromatic nitrogens is 2. The van der Waals surface area contributed by atoms with E-state index in [1.54, 1.807) is 0 Å². The Morgan fingerprint density at radius 3 is 2.60 bits per heavy atom. The molecule has 0 saturated heterocycles. The van der Waals surface area contributed by atoms with Gasteiger partial charge in [-0.3, -0.25) is 9.48 Å². The summed E-state index contributed by atoms with van der Waals surface area (Å²) < 4.78 is 1.83. The molecule has 2 aromatic rings. The number of carbonyl (C=O) groups is 1. The van der Waals surface area contributed by atoms with Gasteiger partial charge in [0.2, 0.25) is 0 Å². The molecule has 138 valence electrons. The zero-order valence-corrected chi connectivity index (χ0v) is 16.5. The second-order valence-electron chi connectivity index (χ2n) is 5.80. The van der Waals surface area contributed by atoms with Crippen molar-refractivity contribution >= 4 is 29.9 Å². The van der Waals surface area contributed by atoms with Gasteiger partial charge in [-0.1, -0.05) is 36.7 Å². The van der Waals surface area contributed by atoms with Crippen LogP contribution in [0.15, 0.2) is 24.3 Å². The Labute approximate surface area is 160 Å². The predicted molar refractivity (Wildman–Crippen MR) is 105 cm³/mol. The quantitative estimate of drug-likeness (QED) is 0.686. The fourth-order valence-electron chi connectivity index (χ4n) is 2.62. The number of nitrogens with zero attached hydrogens (tertiary/aromatic N) is 2. The van der Waals surface area contributed by atoms with E-state index in [-0.39, 0.29) is 18.3 Å². The Morgan fingerprint density at radius 2 is 1.92 bits per heavy atom. The van der Waals surface area contributed by atoms with Gasteiger partial charge in [0.15, 0.2) is 0 Å². The van der Waals surface area contributed by atoms with Crippen molar-refractivity contribution in [2.45, 2.75) is 33.7 Å². The van der Waals surface area contributed by atoms with Crippen LogP contribution in [-0.4, -0.2) is 35.3 Å². The van der Waals surface area contributed by atoms with Crippen LogP contribution in [0, 0.1) is 13.8 Å². The van der Waals surface area contributed by atoms with E-state index in [9.17, 15) is 4.79 Å². The molecule has 1 amide bonds. The van der Waals surface area contributed by atoms with Crippen molar-refractivity contribution in [3.05, 3.63) is 51.8 Å². The van der Waals surface area contributed by atoms with Crippen LogP contribution in [-0.2, 0) is 6.54 Å². The molecule has 7 heteroatoms. The molecule has 0 spiro atoms. The van der Waals surface area contributed by atoms with Crippen LogP contribution in [0.4, 0.5) is 0 Å². The lowest BCUT2D eigenvalue weighted by molar-refractivity contribution is 0.0952. The predicted octanol–water partition coefficient (Wildman–Crippen LogP) is 3.35. The Morgan fingerprint density at radius 1 is 1.20 bits per heavy atom. The van der Waals surface area contributed by atoms with Crippen LogP contribution in [0.2, 0.25) is 5.02 Å². The molecule has 0 unspecified atom stereocenters. The first kappa shape index (κ1) is 21.5. The molecule has 1 aromatic carbocycles. The van der Waals surface area contributed by atoms with E-state index in [1.807, 2.05) is 42.8 Å². The monoisotopic (exact) mass is 384 g/mol. The third kappa shape index (κ3) is 5.73. The van der Waals surface area contributed by atoms with Crippen LogP contribution in [0.1, 0.15) is 40.7 Å². The smallest absolute Gasteiger partial charge is 0.255 e. The van der Waals surface area contributed by atoms with E-state index in [0.29, 0.717) is 23.7 Å². The third-order valence-corrected chi connectivity index (χ3v) is 4.27. The molecule has 0 aliphatic rings. The number of carbonyl (C=O) groups excluding carboxylic acids is 1. The molecule has 0 saturated carbocycles. The van der Waals surface area contributed by atoms with Gasteiger partial charge < -0.3 is 10.6 Å². The number of aryl methyl sites for hydroxylation is 1. The summed E-state index contributed by atoms with van der Waals surface area (Å²) in [5.74, 6) is -0.0753. The first-order chi connectivity index (χ1) is 11.5. The number of hydrogen-bond donors (Lipinski definition) is 2. The minimum atomic E-state index is -0.0753. The number of hydrogen-bond acceptors (Lipinski definition) is 3. The summed E-state index contributed by atoms with van der Waals surface area (Å²) in [4.78, 5) is 12.4.